The average Bonchev–Trinajstić information content (AvgIpc) is 2.97. The Bertz CT molecular complexity index is 744. The van der Waals surface area contributed by atoms with Crippen molar-refractivity contribution in [2.24, 2.45) is 0 Å². The van der Waals surface area contributed by atoms with Crippen molar-refractivity contribution in [3.8, 4) is 0 Å². The molecule has 2 aliphatic rings. The molecule has 24 heavy (non-hydrogen) atoms. The van der Waals surface area contributed by atoms with Crippen molar-refractivity contribution < 1.29 is 0 Å². The van der Waals surface area contributed by atoms with E-state index in [2.05, 4.69) is 50.7 Å². The number of hydrazine groups is 1. The van der Waals surface area contributed by atoms with Gasteiger partial charge in [-0.3, -0.25) is 4.90 Å². The van der Waals surface area contributed by atoms with Crippen LogP contribution in [0, 0.1) is 0 Å². The minimum Gasteiger partial charge on any atom is -0.321 e. The highest BCUT2D eigenvalue weighted by Gasteiger charge is 2.27. The predicted octanol–water partition coefficient (Wildman–Crippen LogP) is 3.22. The van der Waals surface area contributed by atoms with Gasteiger partial charge in [-0.05, 0) is 29.7 Å². The predicted molar refractivity (Wildman–Crippen MR) is 96.2 cm³/mol. The van der Waals surface area contributed by atoms with Crippen molar-refractivity contribution in [2.45, 2.75) is 19.5 Å². The number of nitrogens with one attached hydrogen (secondary N) is 1. The number of hydrogen-bond acceptors (Lipinski definition) is 4. The van der Waals surface area contributed by atoms with Crippen LogP contribution in [0.25, 0.3) is 0 Å². The molecule has 0 radical (unpaired) electrons. The fourth-order valence-corrected chi connectivity index (χ4v) is 3.59. The third-order valence-electron chi connectivity index (χ3n) is 4.59. The van der Waals surface area contributed by atoms with Crippen LogP contribution in [0.3, 0.4) is 0 Å². The van der Waals surface area contributed by atoms with Gasteiger partial charge in [0, 0.05) is 38.4 Å². The highest BCUT2D eigenvalue weighted by atomic mass is 35.5. The molecule has 1 N–H and O–H groups in total. The summed E-state index contributed by atoms with van der Waals surface area (Å²) in [7, 11) is 0. The van der Waals surface area contributed by atoms with Gasteiger partial charge in [0.25, 0.3) is 0 Å². The van der Waals surface area contributed by atoms with Gasteiger partial charge < -0.3 is 5.43 Å². The van der Waals surface area contributed by atoms with Gasteiger partial charge in [0.15, 0.2) is 0 Å². The third kappa shape index (κ3) is 3.61. The van der Waals surface area contributed by atoms with Crippen LogP contribution in [0.4, 0.5) is 0 Å². The Morgan fingerprint density at radius 2 is 1.88 bits per heavy atom. The Kier molecular flexibility index (Phi) is 4.52. The monoisotopic (exact) mass is 340 g/mol. The average molecular weight is 341 g/mol. The summed E-state index contributed by atoms with van der Waals surface area (Å²) in [6, 6.07) is 16.4. The molecule has 4 rings (SSSR count). The highest BCUT2D eigenvalue weighted by molar-refractivity contribution is 6.29. The van der Waals surface area contributed by atoms with E-state index in [0.29, 0.717) is 5.15 Å². The summed E-state index contributed by atoms with van der Waals surface area (Å²) in [4.78, 5) is 6.83. The van der Waals surface area contributed by atoms with E-state index in [0.717, 1.165) is 44.8 Å². The standard InChI is InChI=1S/C19H21ClN4/c20-19-8-4-7-17(21-19)13-23-10-9-16-12-24(22-18(16)14-23)11-15-5-2-1-3-6-15/h1-8,22H,9-14H2. The Labute approximate surface area is 147 Å². The van der Waals surface area contributed by atoms with Gasteiger partial charge in [-0.25, -0.2) is 9.99 Å². The summed E-state index contributed by atoms with van der Waals surface area (Å²) in [5.74, 6) is 0. The molecule has 0 aliphatic carbocycles. The van der Waals surface area contributed by atoms with Crippen molar-refractivity contribution in [3.63, 3.8) is 0 Å². The maximum Gasteiger partial charge on any atom is 0.129 e. The third-order valence-corrected chi connectivity index (χ3v) is 4.80. The van der Waals surface area contributed by atoms with E-state index in [9.17, 15) is 0 Å². The number of hydrogen-bond donors (Lipinski definition) is 1. The number of halogens is 1. The summed E-state index contributed by atoms with van der Waals surface area (Å²) >= 11 is 5.99. The number of benzene rings is 1. The van der Waals surface area contributed by atoms with Crippen molar-refractivity contribution in [1.29, 1.82) is 0 Å². The molecule has 3 heterocycles. The van der Waals surface area contributed by atoms with Crippen LogP contribution in [-0.2, 0) is 13.1 Å². The first-order valence-electron chi connectivity index (χ1n) is 8.36. The number of nitrogens with zero attached hydrogens (tertiary/aromatic N) is 3. The molecule has 0 atom stereocenters. The van der Waals surface area contributed by atoms with Crippen LogP contribution in [0.5, 0.6) is 0 Å². The lowest BCUT2D eigenvalue weighted by Gasteiger charge is -2.27. The van der Waals surface area contributed by atoms with Gasteiger partial charge in [-0.2, -0.15) is 0 Å². The molecule has 124 valence electrons. The number of aromatic nitrogens is 1. The minimum absolute atomic E-state index is 0.567. The van der Waals surface area contributed by atoms with Crippen molar-refractivity contribution >= 4 is 11.6 Å². The lowest BCUT2D eigenvalue weighted by atomic mass is 10.1. The molecule has 0 spiro atoms. The first-order chi connectivity index (χ1) is 11.8. The van der Waals surface area contributed by atoms with E-state index in [4.69, 9.17) is 11.6 Å². The number of pyridine rings is 1. The topological polar surface area (TPSA) is 31.4 Å². The lowest BCUT2D eigenvalue weighted by molar-refractivity contribution is 0.233. The zero-order chi connectivity index (χ0) is 16.4. The lowest BCUT2D eigenvalue weighted by Crippen LogP contribution is -2.36. The zero-order valence-electron chi connectivity index (χ0n) is 13.6. The van der Waals surface area contributed by atoms with E-state index < -0.39 is 0 Å². The van der Waals surface area contributed by atoms with E-state index in [1.165, 1.54) is 11.3 Å². The maximum atomic E-state index is 5.99. The molecular weight excluding hydrogens is 320 g/mol. The van der Waals surface area contributed by atoms with Crippen LogP contribution in [-0.4, -0.2) is 34.5 Å². The Morgan fingerprint density at radius 3 is 2.71 bits per heavy atom. The van der Waals surface area contributed by atoms with Crippen molar-refractivity contribution in [1.82, 2.24) is 20.3 Å². The second kappa shape index (κ2) is 6.93. The Hall–Kier alpha value is -1.88. The Morgan fingerprint density at radius 1 is 1.00 bits per heavy atom. The van der Waals surface area contributed by atoms with E-state index in [1.807, 2.05) is 18.2 Å². The van der Waals surface area contributed by atoms with Crippen LogP contribution >= 0.6 is 11.6 Å². The van der Waals surface area contributed by atoms with Crippen molar-refractivity contribution in [2.75, 3.05) is 19.6 Å². The summed E-state index contributed by atoms with van der Waals surface area (Å²) in [6.07, 6.45) is 1.12. The van der Waals surface area contributed by atoms with Gasteiger partial charge >= 0.3 is 0 Å². The maximum absolute atomic E-state index is 5.99. The Balaban J connectivity index is 1.36. The van der Waals surface area contributed by atoms with Crippen LogP contribution in [0.15, 0.2) is 59.8 Å². The van der Waals surface area contributed by atoms with Gasteiger partial charge in [0.1, 0.15) is 5.15 Å². The molecular formula is C19H21ClN4. The van der Waals surface area contributed by atoms with Gasteiger partial charge in [-0.1, -0.05) is 48.0 Å². The fraction of sp³-hybridized carbons (Fsp3) is 0.316. The summed E-state index contributed by atoms with van der Waals surface area (Å²) in [5.41, 5.74) is 8.87. The smallest absolute Gasteiger partial charge is 0.129 e. The molecule has 1 aromatic carbocycles. The van der Waals surface area contributed by atoms with Gasteiger partial charge in [-0.15, -0.1) is 0 Å². The molecule has 2 aliphatic heterocycles. The van der Waals surface area contributed by atoms with Gasteiger partial charge in [0.2, 0.25) is 0 Å². The van der Waals surface area contributed by atoms with Crippen molar-refractivity contribution in [3.05, 3.63) is 76.2 Å². The quantitative estimate of drug-likeness (QED) is 0.866. The fourth-order valence-electron chi connectivity index (χ4n) is 3.41. The van der Waals surface area contributed by atoms with Crippen LogP contribution in [0.2, 0.25) is 5.15 Å². The normalized spacial score (nSPS) is 18.5. The van der Waals surface area contributed by atoms with Crippen LogP contribution < -0.4 is 5.43 Å². The SMILES string of the molecule is Clc1cccc(CN2CCC3=C(C2)NN(Cc2ccccc2)C3)n1. The van der Waals surface area contributed by atoms with Gasteiger partial charge in [0.05, 0.1) is 5.69 Å². The minimum atomic E-state index is 0.567. The molecule has 0 saturated carbocycles. The summed E-state index contributed by atoms with van der Waals surface area (Å²) in [5, 5.41) is 2.87. The number of rotatable bonds is 4. The molecule has 0 unspecified atom stereocenters. The molecule has 0 fully saturated rings. The summed E-state index contributed by atoms with van der Waals surface area (Å²) in [6.45, 7) is 4.83. The molecule has 5 heteroatoms. The summed E-state index contributed by atoms with van der Waals surface area (Å²) < 4.78 is 0. The highest BCUT2D eigenvalue weighted by Crippen LogP contribution is 2.24. The molecule has 2 aromatic rings. The second-order valence-corrected chi connectivity index (χ2v) is 6.84. The molecule has 0 bridgehead atoms. The zero-order valence-corrected chi connectivity index (χ0v) is 14.3. The molecule has 0 saturated heterocycles. The van der Waals surface area contributed by atoms with E-state index in [-0.39, 0.29) is 0 Å². The van der Waals surface area contributed by atoms with Crippen LogP contribution in [0.1, 0.15) is 17.7 Å². The second-order valence-electron chi connectivity index (χ2n) is 6.45. The first kappa shape index (κ1) is 15.6. The van der Waals surface area contributed by atoms with E-state index >= 15 is 0 Å². The molecule has 1 aromatic heterocycles. The molecule has 0 amide bonds. The largest absolute Gasteiger partial charge is 0.321 e. The van der Waals surface area contributed by atoms with E-state index in [1.54, 1.807) is 5.57 Å². The first-order valence-corrected chi connectivity index (χ1v) is 8.74. The molecule has 4 nitrogen and oxygen atoms in total.